The standard InChI is InChI=1S/C24H21N3O4/c1-15-12-17(16(2)27(15)22-7-5-4-6-21(22)24(29)30)13-18(14-25)23(28)26-19-8-10-20(31-3)11-9-19/h4-13H,1-3H3,(H,26,28)(H,29,30)/b18-13-. The minimum Gasteiger partial charge on any atom is -0.497 e. The number of nitrogens with one attached hydrogen (secondary N) is 1. The van der Waals surface area contributed by atoms with Gasteiger partial charge < -0.3 is 19.7 Å². The zero-order valence-electron chi connectivity index (χ0n) is 17.3. The summed E-state index contributed by atoms with van der Waals surface area (Å²) in [6, 6.07) is 17.2. The number of nitriles is 1. The molecule has 0 aliphatic rings. The molecule has 0 spiro atoms. The van der Waals surface area contributed by atoms with Crippen molar-refractivity contribution in [2.24, 2.45) is 0 Å². The van der Waals surface area contributed by atoms with Crippen LogP contribution in [0.3, 0.4) is 0 Å². The third kappa shape index (κ3) is 4.49. The number of carbonyl (C=O) groups is 2. The molecule has 2 aromatic carbocycles. The van der Waals surface area contributed by atoms with Gasteiger partial charge in [0, 0.05) is 17.1 Å². The number of carbonyl (C=O) groups excluding carboxylic acids is 1. The van der Waals surface area contributed by atoms with Crippen molar-refractivity contribution < 1.29 is 19.4 Å². The van der Waals surface area contributed by atoms with Crippen LogP contribution in [0.15, 0.2) is 60.2 Å². The summed E-state index contributed by atoms with van der Waals surface area (Å²) in [5.74, 6) is -0.914. The van der Waals surface area contributed by atoms with Gasteiger partial charge in [0.25, 0.3) is 5.91 Å². The molecule has 0 radical (unpaired) electrons. The van der Waals surface area contributed by atoms with Crippen molar-refractivity contribution >= 4 is 23.6 Å². The molecule has 1 amide bonds. The number of amides is 1. The molecule has 0 fully saturated rings. The van der Waals surface area contributed by atoms with E-state index in [1.807, 2.05) is 26.0 Å². The first-order valence-corrected chi connectivity index (χ1v) is 9.44. The van der Waals surface area contributed by atoms with Gasteiger partial charge in [0.05, 0.1) is 18.4 Å². The first-order valence-electron chi connectivity index (χ1n) is 9.44. The smallest absolute Gasteiger partial charge is 0.337 e. The van der Waals surface area contributed by atoms with Crippen LogP contribution in [-0.4, -0.2) is 28.7 Å². The molecule has 0 saturated carbocycles. The Hall–Kier alpha value is -4.31. The van der Waals surface area contributed by atoms with Crippen molar-refractivity contribution in [3.63, 3.8) is 0 Å². The van der Waals surface area contributed by atoms with Gasteiger partial charge in [0.15, 0.2) is 0 Å². The predicted octanol–water partition coefficient (Wildman–Crippen LogP) is 4.35. The molecular weight excluding hydrogens is 394 g/mol. The molecule has 1 aromatic heterocycles. The maximum Gasteiger partial charge on any atom is 0.337 e. The highest BCUT2D eigenvalue weighted by atomic mass is 16.5. The van der Waals surface area contributed by atoms with Crippen molar-refractivity contribution in [2.75, 3.05) is 12.4 Å². The van der Waals surface area contributed by atoms with Crippen molar-refractivity contribution in [1.29, 1.82) is 5.26 Å². The lowest BCUT2D eigenvalue weighted by Crippen LogP contribution is -2.13. The Morgan fingerprint density at radius 2 is 1.81 bits per heavy atom. The number of aromatic nitrogens is 1. The van der Waals surface area contributed by atoms with Crippen molar-refractivity contribution in [3.8, 4) is 17.5 Å². The first-order chi connectivity index (χ1) is 14.8. The molecule has 7 nitrogen and oxygen atoms in total. The number of hydrogen-bond acceptors (Lipinski definition) is 4. The topological polar surface area (TPSA) is 104 Å². The van der Waals surface area contributed by atoms with Gasteiger partial charge in [0.2, 0.25) is 0 Å². The summed E-state index contributed by atoms with van der Waals surface area (Å²) in [5, 5.41) is 21.7. The molecule has 0 aliphatic heterocycles. The highest BCUT2D eigenvalue weighted by molar-refractivity contribution is 6.09. The van der Waals surface area contributed by atoms with Crippen LogP contribution in [0.1, 0.15) is 27.3 Å². The maximum atomic E-state index is 12.6. The summed E-state index contributed by atoms with van der Waals surface area (Å²) in [5.41, 5.74) is 3.31. The van der Waals surface area contributed by atoms with Gasteiger partial charge >= 0.3 is 5.97 Å². The van der Waals surface area contributed by atoms with E-state index in [0.717, 1.165) is 11.4 Å². The third-order valence-electron chi connectivity index (χ3n) is 4.86. The molecule has 3 aromatic rings. The van der Waals surface area contributed by atoms with E-state index in [-0.39, 0.29) is 11.1 Å². The van der Waals surface area contributed by atoms with Gasteiger partial charge in [-0.25, -0.2) is 4.79 Å². The SMILES string of the molecule is COc1ccc(NC(=O)/C(C#N)=C\c2cc(C)n(-c3ccccc3C(=O)O)c2C)cc1. The number of methoxy groups -OCH3 is 1. The Morgan fingerprint density at radius 3 is 2.42 bits per heavy atom. The molecule has 31 heavy (non-hydrogen) atoms. The van der Waals surface area contributed by atoms with E-state index in [4.69, 9.17) is 4.74 Å². The van der Waals surface area contributed by atoms with E-state index < -0.39 is 11.9 Å². The van der Waals surface area contributed by atoms with E-state index in [9.17, 15) is 20.0 Å². The number of anilines is 1. The van der Waals surface area contributed by atoms with E-state index >= 15 is 0 Å². The number of aromatic carboxylic acids is 1. The summed E-state index contributed by atoms with van der Waals surface area (Å²) in [4.78, 5) is 24.2. The third-order valence-corrected chi connectivity index (χ3v) is 4.86. The number of carboxylic acid groups (broad SMARTS) is 1. The molecule has 0 saturated heterocycles. The number of carboxylic acids is 1. The summed E-state index contributed by atoms with van der Waals surface area (Å²) in [7, 11) is 1.55. The van der Waals surface area contributed by atoms with Crippen LogP contribution in [0.25, 0.3) is 11.8 Å². The van der Waals surface area contributed by atoms with Gasteiger partial charge in [0.1, 0.15) is 17.4 Å². The number of rotatable bonds is 6. The number of nitrogens with zero attached hydrogens (tertiary/aromatic N) is 2. The van der Waals surface area contributed by atoms with Gasteiger partial charge in [-0.05, 0) is 68.0 Å². The highest BCUT2D eigenvalue weighted by Gasteiger charge is 2.17. The predicted molar refractivity (Wildman–Crippen MR) is 117 cm³/mol. The number of hydrogen-bond donors (Lipinski definition) is 2. The lowest BCUT2D eigenvalue weighted by Gasteiger charge is -2.12. The fourth-order valence-corrected chi connectivity index (χ4v) is 3.33. The zero-order chi connectivity index (χ0) is 22.5. The Labute approximate surface area is 179 Å². The molecule has 0 aliphatic carbocycles. The molecule has 7 heteroatoms. The number of para-hydroxylation sites is 1. The lowest BCUT2D eigenvalue weighted by atomic mass is 10.1. The Bertz CT molecular complexity index is 1210. The van der Waals surface area contributed by atoms with Crippen LogP contribution in [0.5, 0.6) is 5.75 Å². The van der Waals surface area contributed by atoms with E-state index in [1.165, 1.54) is 12.1 Å². The molecule has 2 N–H and O–H groups in total. The van der Waals surface area contributed by atoms with Crippen molar-refractivity contribution in [2.45, 2.75) is 13.8 Å². The lowest BCUT2D eigenvalue weighted by molar-refractivity contribution is -0.112. The van der Waals surface area contributed by atoms with E-state index in [2.05, 4.69) is 5.32 Å². The van der Waals surface area contributed by atoms with E-state index in [0.29, 0.717) is 22.7 Å². The summed E-state index contributed by atoms with van der Waals surface area (Å²) >= 11 is 0. The number of benzene rings is 2. The number of ether oxygens (including phenoxy) is 1. The van der Waals surface area contributed by atoms with Crippen LogP contribution >= 0.6 is 0 Å². The van der Waals surface area contributed by atoms with Crippen LogP contribution < -0.4 is 10.1 Å². The largest absolute Gasteiger partial charge is 0.497 e. The second kappa shape index (κ2) is 9.01. The summed E-state index contributed by atoms with van der Waals surface area (Å²) in [6.07, 6.45) is 1.50. The molecule has 1 heterocycles. The normalized spacial score (nSPS) is 11.0. The molecule has 0 atom stereocenters. The Morgan fingerprint density at radius 1 is 1.13 bits per heavy atom. The second-order valence-electron chi connectivity index (χ2n) is 6.84. The van der Waals surface area contributed by atoms with Crippen molar-refractivity contribution in [1.82, 2.24) is 4.57 Å². The average Bonchev–Trinajstić information content (AvgIpc) is 3.05. The monoisotopic (exact) mass is 415 g/mol. The molecule has 156 valence electrons. The zero-order valence-corrected chi connectivity index (χ0v) is 17.3. The quantitative estimate of drug-likeness (QED) is 0.460. The van der Waals surface area contributed by atoms with Crippen LogP contribution in [0, 0.1) is 25.2 Å². The number of aryl methyl sites for hydroxylation is 1. The first kappa shape index (κ1) is 21.4. The maximum absolute atomic E-state index is 12.6. The van der Waals surface area contributed by atoms with Crippen molar-refractivity contribution in [3.05, 3.63) is 82.7 Å². The molecule has 0 unspecified atom stereocenters. The molecular formula is C24H21N3O4. The fourth-order valence-electron chi connectivity index (χ4n) is 3.33. The fraction of sp³-hybridized carbons (Fsp3) is 0.125. The van der Waals surface area contributed by atoms with Gasteiger partial charge in [-0.2, -0.15) is 5.26 Å². The van der Waals surface area contributed by atoms with Gasteiger partial charge in [-0.1, -0.05) is 12.1 Å². The van der Waals surface area contributed by atoms with E-state index in [1.54, 1.807) is 54.1 Å². The molecule has 3 rings (SSSR count). The Kier molecular flexibility index (Phi) is 6.22. The highest BCUT2D eigenvalue weighted by Crippen LogP contribution is 2.25. The van der Waals surface area contributed by atoms with Crippen LogP contribution in [0.2, 0.25) is 0 Å². The Balaban J connectivity index is 1.95. The van der Waals surface area contributed by atoms with Gasteiger partial charge in [-0.15, -0.1) is 0 Å². The van der Waals surface area contributed by atoms with Gasteiger partial charge in [-0.3, -0.25) is 4.79 Å². The van der Waals surface area contributed by atoms with Crippen LogP contribution in [-0.2, 0) is 4.79 Å². The summed E-state index contributed by atoms with van der Waals surface area (Å²) in [6.45, 7) is 3.65. The minimum absolute atomic E-state index is 0.0670. The average molecular weight is 415 g/mol. The minimum atomic E-state index is -1.03. The molecule has 0 bridgehead atoms. The van der Waals surface area contributed by atoms with Crippen LogP contribution in [0.4, 0.5) is 5.69 Å². The summed E-state index contributed by atoms with van der Waals surface area (Å²) < 4.78 is 6.89. The second-order valence-corrected chi connectivity index (χ2v) is 6.84.